The number of carbonyl (C=O) groups is 1. The fourth-order valence-corrected chi connectivity index (χ4v) is 3.15. The van der Waals surface area contributed by atoms with Gasteiger partial charge in [0.25, 0.3) is 0 Å². The average molecular weight is 325 g/mol. The molecule has 1 aromatic rings. The van der Waals surface area contributed by atoms with E-state index in [0.717, 1.165) is 24.9 Å². The lowest BCUT2D eigenvalue weighted by Gasteiger charge is -2.32. The number of nitrogens with two attached hydrogens (primary N) is 1. The van der Waals surface area contributed by atoms with Gasteiger partial charge in [0.15, 0.2) is 0 Å². The minimum atomic E-state index is -3.67. The highest BCUT2D eigenvalue weighted by Crippen LogP contribution is 2.15. The lowest BCUT2D eigenvalue weighted by atomic mass is 10.0. The van der Waals surface area contributed by atoms with Crippen molar-refractivity contribution in [1.29, 1.82) is 0 Å². The normalized spacial score (nSPS) is 19.8. The van der Waals surface area contributed by atoms with Crippen LogP contribution >= 0.6 is 0 Å². The monoisotopic (exact) mass is 325 g/mol. The molecule has 0 aromatic heterocycles. The molecule has 0 aliphatic carbocycles. The number of nitrogens with zero attached hydrogens (tertiary/aromatic N) is 1. The van der Waals surface area contributed by atoms with Gasteiger partial charge < -0.3 is 5.32 Å². The average Bonchev–Trinajstić information content (AvgIpc) is 2.47. The Labute approximate surface area is 131 Å². The third-order valence-corrected chi connectivity index (χ3v) is 4.96. The topological polar surface area (TPSA) is 92.5 Å². The van der Waals surface area contributed by atoms with E-state index in [9.17, 15) is 13.2 Å². The first-order valence-electron chi connectivity index (χ1n) is 7.49. The number of nitrogens with one attached hydrogen (secondary N) is 1. The fraction of sp³-hybridized carbons (Fsp3) is 0.533. The van der Waals surface area contributed by atoms with E-state index in [2.05, 4.69) is 17.1 Å². The van der Waals surface area contributed by atoms with Crippen molar-refractivity contribution in [2.45, 2.75) is 43.7 Å². The van der Waals surface area contributed by atoms with Crippen LogP contribution < -0.4 is 10.5 Å². The maximum absolute atomic E-state index is 12.0. The summed E-state index contributed by atoms with van der Waals surface area (Å²) in [7, 11) is -3.67. The molecule has 1 fully saturated rings. The number of rotatable bonds is 5. The maximum Gasteiger partial charge on any atom is 0.238 e. The van der Waals surface area contributed by atoms with Crippen LogP contribution in [0.25, 0.3) is 0 Å². The molecule has 1 saturated heterocycles. The molecule has 7 heteroatoms. The summed E-state index contributed by atoms with van der Waals surface area (Å²) in [5, 5.41) is 7.91. The van der Waals surface area contributed by atoms with Gasteiger partial charge in [0.2, 0.25) is 15.9 Å². The molecule has 1 aliphatic rings. The van der Waals surface area contributed by atoms with E-state index in [4.69, 9.17) is 5.14 Å². The molecule has 1 aromatic carbocycles. The van der Waals surface area contributed by atoms with E-state index < -0.39 is 10.0 Å². The molecule has 0 unspecified atom stereocenters. The minimum absolute atomic E-state index is 0.00993. The van der Waals surface area contributed by atoms with Gasteiger partial charge in [-0.05, 0) is 44.0 Å². The maximum atomic E-state index is 12.0. The third kappa shape index (κ3) is 4.79. The van der Waals surface area contributed by atoms with Gasteiger partial charge in [-0.15, -0.1) is 0 Å². The molecule has 0 saturated carbocycles. The highest BCUT2D eigenvalue weighted by molar-refractivity contribution is 7.89. The van der Waals surface area contributed by atoms with Crippen LogP contribution in [0.15, 0.2) is 29.2 Å². The largest absolute Gasteiger partial charge is 0.351 e. The number of amides is 1. The molecular weight excluding hydrogens is 302 g/mol. The summed E-state index contributed by atoms with van der Waals surface area (Å²) in [6.45, 7) is 3.92. The highest BCUT2D eigenvalue weighted by Gasteiger charge is 2.20. The van der Waals surface area contributed by atoms with Gasteiger partial charge >= 0.3 is 0 Å². The second kappa shape index (κ2) is 7.21. The number of hydrogen-bond acceptors (Lipinski definition) is 4. The number of benzene rings is 1. The summed E-state index contributed by atoms with van der Waals surface area (Å²) in [5.41, 5.74) is 0.840. The zero-order valence-corrected chi connectivity index (χ0v) is 13.6. The highest BCUT2D eigenvalue weighted by atomic mass is 32.2. The molecule has 22 heavy (non-hydrogen) atoms. The smallest absolute Gasteiger partial charge is 0.238 e. The summed E-state index contributed by atoms with van der Waals surface area (Å²) in [5.74, 6) is -0.00993. The van der Waals surface area contributed by atoms with Crippen molar-refractivity contribution in [3.8, 4) is 0 Å². The molecule has 1 amide bonds. The van der Waals surface area contributed by atoms with Crippen molar-refractivity contribution in [2.75, 3.05) is 13.1 Å². The number of primary sulfonamides is 1. The van der Waals surface area contributed by atoms with Crippen molar-refractivity contribution in [2.24, 2.45) is 5.14 Å². The van der Waals surface area contributed by atoms with E-state index in [-0.39, 0.29) is 10.8 Å². The Morgan fingerprint density at radius 1 is 1.32 bits per heavy atom. The first kappa shape index (κ1) is 16.9. The first-order valence-corrected chi connectivity index (χ1v) is 9.03. The molecular formula is C15H23N3O3S. The van der Waals surface area contributed by atoms with Crippen LogP contribution in [0.2, 0.25) is 0 Å². The van der Waals surface area contributed by atoms with E-state index in [1.807, 2.05) is 0 Å². The quantitative estimate of drug-likeness (QED) is 0.838. The Morgan fingerprint density at radius 2 is 2.00 bits per heavy atom. The van der Waals surface area contributed by atoms with Gasteiger partial charge in [0, 0.05) is 12.6 Å². The third-order valence-electron chi connectivity index (χ3n) is 4.03. The Balaban J connectivity index is 1.83. The Bertz CT molecular complexity index is 613. The second-order valence-electron chi connectivity index (χ2n) is 5.78. The van der Waals surface area contributed by atoms with Gasteiger partial charge in [-0.25, -0.2) is 13.6 Å². The number of piperidine rings is 1. The number of likely N-dealkylation sites (tertiary alicyclic amines) is 1. The van der Waals surface area contributed by atoms with E-state index in [0.29, 0.717) is 19.1 Å². The van der Waals surface area contributed by atoms with Crippen LogP contribution in [-0.4, -0.2) is 38.4 Å². The van der Waals surface area contributed by atoms with Gasteiger partial charge in [0.05, 0.1) is 11.4 Å². The molecule has 0 bridgehead atoms. The van der Waals surface area contributed by atoms with E-state index in [1.54, 1.807) is 12.1 Å². The van der Waals surface area contributed by atoms with Crippen molar-refractivity contribution in [3.05, 3.63) is 29.8 Å². The number of sulfonamides is 1. The number of hydrogen-bond donors (Lipinski definition) is 2. The molecule has 1 aliphatic heterocycles. The van der Waals surface area contributed by atoms with Crippen molar-refractivity contribution in [3.63, 3.8) is 0 Å². The van der Waals surface area contributed by atoms with Crippen molar-refractivity contribution < 1.29 is 13.2 Å². The molecule has 3 N–H and O–H groups in total. The van der Waals surface area contributed by atoms with Crippen LogP contribution in [0, 0.1) is 0 Å². The van der Waals surface area contributed by atoms with Gasteiger partial charge in [0.1, 0.15) is 0 Å². The summed E-state index contributed by atoms with van der Waals surface area (Å²) >= 11 is 0. The van der Waals surface area contributed by atoms with Gasteiger partial charge in [-0.2, -0.15) is 0 Å². The number of carbonyl (C=O) groups excluding carboxylic acids is 1. The van der Waals surface area contributed by atoms with Crippen LogP contribution in [0.1, 0.15) is 31.7 Å². The Morgan fingerprint density at radius 3 is 2.59 bits per heavy atom. The zero-order chi connectivity index (χ0) is 16.2. The molecule has 2 rings (SSSR count). The second-order valence-corrected chi connectivity index (χ2v) is 7.34. The standard InChI is InChI=1S/C15H23N3O3S/c1-12-4-2-3-9-18(12)11-15(19)17-10-13-5-7-14(8-6-13)22(16,20)21/h5-8,12H,2-4,9-11H2,1H3,(H,17,19)(H2,16,20,21)/t12-/m0/s1. The minimum Gasteiger partial charge on any atom is -0.351 e. The van der Waals surface area contributed by atoms with Gasteiger partial charge in [-0.3, -0.25) is 9.69 Å². The van der Waals surface area contributed by atoms with Crippen LogP contribution in [0.3, 0.4) is 0 Å². The van der Waals surface area contributed by atoms with Crippen molar-refractivity contribution >= 4 is 15.9 Å². The Hall–Kier alpha value is -1.44. The van der Waals surface area contributed by atoms with E-state index in [1.165, 1.54) is 18.6 Å². The fourth-order valence-electron chi connectivity index (χ4n) is 2.63. The van der Waals surface area contributed by atoms with Crippen LogP contribution in [0.5, 0.6) is 0 Å². The lowest BCUT2D eigenvalue weighted by Crippen LogP contribution is -2.44. The van der Waals surface area contributed by atoms with Crippen LogP contribution in [-0.2, 0) is 21.4 Å². The summed E-state index contributed by atoms with van der Waals surface area (Å²) in [6, 6.07) is 6.66. The molecule has 0 spiro atoms. The van der Waals surface area contributed by atoms with Crippen molar-refractivity contribution in [1.82, 2.24) is 10.2 Å². The summed E-state index contributed by atoms with van der Waals surface area (Å²) < 4.78 is 22.3. The lowest BCUT2D eigenvalue weighted by molar-refractivity contribution is -0.123. The Kier molecular flexibility index (Phi) is 5.55. The predicted molar refractivity (Wildman–Crippen MR) is 84.5 cm³/mol. The molecule has 6 nitrogen and oxygen atoms in total. The predicted octanol–water partition coefficient (Wildman–Crippen LogP) is 0.825. The first-order chi connectivity index (χ1) is 10.4. The van der Waals surface area contributed by atoms with Gasteiger partial charge in [-0.1, -0.05) is 18.6 Å². The summed E-state index contributed by atoms with van der Waals surface area (Å²) in [4.78, 5) is 14.3. The SMILES string of the molecule is C[C@H]1CCCCN1CC(=O)NCc1ccc(S(N)(=O)=O)cc1. The molecule has 122 valence electrons. The molecule has 1 atom stereocenters. The van der Waals surface area contributed by atoms with Crippen LogP contribution in [0.4, 0.5) is 0 Å². The summed E-state index contributed by atoms with van der Waals surface area (Å²) in [6.07, 6.45) is 3.52. The zero-order valence-electron chi connectivity index (χ0n) is 12.8. The molecule has 0 radical (unpaired) electrons. The van der Waals surface area contributed by atoms with E-state index >= 15 is 0 Å². The molecule has 1 heterocycles.